The van der Waals surface area contributed by atoms with Crippen molar-refractivity contribution in [2.24, 2.45) is 0 Å². The van der Waals surface area contributed by atoms with E-state index >= 15 is 0 Å². The molecule has 1 heterocycles. The van der Waals surface area contributed by atoms with Crippen LogP contribution in [-0.4, -0.2) is 29.0 Å². The fourth-order valence-electron chi connectivity index (χ4n) is 2.50. The van der Waals surface area contributed by atoms with Gasteiger partial charge in [0.15, 0.2) is 0 Å². The van der Waals surface area contributed by atoms with Gasteiger partial charge in [-0.1, -0.05) is 42.0 Å². The minimum absolute atomic E-state index is 0.139. The SMILES string of the molecule is COC(=O)c1ccccc1NC(=O)c1cnc(NCc2ccc(C)cc2)cn1. The van der Waals surface area contributed by atoms with Crippen molar-refractivity contribution in [2.45, 2.75) is 13.5 Å². The van der Waals surface area contributed by atoms with Gasteiger partial charge in [-0.15, -0.1) is 0 Å². The van der Waals surface area contributed by atoms with E-state index in [1.54, 1.807) is 24.3 Å². The Bertz CT molecular complexity index is 970. The predicted molar refractivity (Wildman–Crippen MR) is 106 cm³/mol. The maximum absolute atomic E-state index is 12.4. The van der Waals surface area contributed by atoms with Gasteiger partial charge in [-0.2, -0.15) is 0 Å². The lowest BCUT2D eigenvalue weighted by atomic mass is 10.1. The average molecular weight is 376 g/mol. The number of ether oxygens (including phenoxy) is 1. The van der Waals surface area contributed by atoms with E-state index in [0.29, 0.717) is 18.1 Å². The lowest BCUT2D eigenvalue weighted by Gasteiger charge is -2.10. The fraction of sp³-hybridized carbons (Fsp3) is 0.143. The Morgan fingerprint density at radius 2 is 1.75 bits per heavy atom. The monoisotopic (exact) mass is 376 g/mol. The third-order valence-electron chi connectivity index (χ3n) is 4.06. The summed E-state index contributed by atoms with van der Waals surface area (Å²) in [7, 11) is 1.29. The first kappa shape index (κ1) is 19.0. The second kappa shape index (κ2) is 8.77. The highest BCUT2D eigenvalue weighted by Gasteiger charge is 2.15. The van der Waals surface area contributed by atoms with E-state index in [1.807, 2.05) is 31.2 Å². The number of amides is 1. The summed E-state index contributed by atoms with van der Waals surface area (Å²) < 4.78 is 4.72. The normalized spacial score (nSPS) is 10.2. The molecule has 0 saturated carbocycles. The topological polar surface area (TPSA) is 93.2 Å². The second-order valence-corrected chi connectivity index (χ2v) is 6.12. The Hall–Kier alpha value is -3.74. The van der Waals surface area contributed by atoms with Crippen molar-refractivity contribution >= 4 is 23.4 Å². The summed E-state index contributed by atoms with van der Waals surface area (Å²) in [6.45, 7) is 2.64. The van der Waals surface area contributed by atoms with Gasteiger partial charge in [-0.05, 0) is 24.6 Å². The average Bonchev–Trinajstić information content (AvgIpc) is 2.73. The van der Waals surface area contributed by atoms with Crippen LogP contribution in [-0.2, 0) is 11.3 Å². The van der Waals surface area contributed by atoms with Gasteiger partial charge in [-0.25, -0.2) is 14.8 Å². The summed E-state index contributed by atoms with van der Waals surface area (Å²) in [5, 5.41) is 5.82. The number of hydrogen-bond donors (Lipinski definition) is 2. The number of nitrogens with zero attached hydrogens (tertiary/aromatic N) is 2. The van der Waals surface area contributed by atoms with E-state index in [0.717, 1.165) is 5.56 Å². The molecule has 7 nitrogen and oxygen atoms in total. The molecule has 0 fully saturated rings. The molecular weight excluding hydrogens is 356 g/mol. The summed E-state index contributed by atoms with van der Waals surface area (Å²) in [4.78, 5) is 32.6. The van der Waals surface area contributed by atoms with E-state index in [9.17, 15) is 9.59 Å². The van der Waals surface area contributed by atoms with Crippen LogP contribution in [0.15, 0.2) is 60.9 Å². The van der Waals surface area contributed by atoms with Crippen molar-refractivity contribution in [1.29, 1.82) is 0 Å². The van der Waals surface area contributed by atoms with Crippen LogP contribution in [0.1, 0.15) is 32.0 Å². The molecule has 0 aliphatic rings. The zero-order valence-electron chi connectivity index (χ0n) is 15.6. The molecule has 0 aliphatic heterocycles. The number of methoxy groups -OCH3 is 1. The molecular formula is C21H20N4O3. The Morgan fingerprint density at radius 3 is 2.43 bits per heavy atom. The van der Waals surface area contributed by atoms with E-state index in [-0.39, 0.29) is 11.3 Å². The second-order valence-electron chi connectivity index (χ2n) is 6.12. The molecule has 28 heavy (non-hydrogen) atoms. The Morgan fingerprint density at radius 1 is 1.00 bits per heavy atom. The number of anilines is 2. The van der Waals surface area contributed by atoms with Gasteiger partial charge >= 0.3 is 5.97 Å². The number of nitrogens with one attached hydrogen (secondary N) is 2. The summed E-state index contributed by atoms with van der Waals surface area (Å²) in [6, 6.07) is 14.8. The molecule has 1 aromatic heterocycles. The van der Waals surface area contributed by atoms with Crippen LogP contribution in [0, 0.1) is 6.92 Å². The number of carbonyl (C=O) groups excluding carboxylic acids is 2. The molecule has 2 aromatic carbocycles. The molecule has 0 spiro atoms. The molecule has 0 saturated heterocycles. The largest absolute Gasteiger partial charge is 0.465 e. The van der Waals surface area contributed by atoms with Crippen LogP contribution in [0.2, 0.25) is 0 Å². The summed E-state index contributed by atoms with van der Waals surface area (Å²) >= 11 is 0. The number of hydrogen-bond acceptors (Lipinski definition) is 6. The van der Waals surface area contributed by atoms with Crippen LogP contribution < -0.4 is 10.6 Å². The minimum Gasteiger partial charge on any atom is -0.465 e. The highest BCUT2D eigenvalue weighted by atomic mass is 16.5. The van der Waals surface area contributed by atoms with Gasteiger partial charge in [-0.3, -0.25) is 4.79 Å². The quantitative estimate of drug-likeness (QED) is 0.640. The van der Waals surface area contributed by atoms with Crippen molar-refractivity contribution < 1.29 is 14.3 Å². The summed E-state index contributed by atoms with van der Waals surface area (Å²) in [5.74, 6) is -0.432. The number of rotatable bonds is 6. The molecule has 3 rings (SSSR count). The first-order valence-electron chi connectivity index (χ1n) is 8.67. The third kappa shape index (κ3) is 4.70. The van der Waals surface area contributed by atoms with Crippen molar-refractivity contribution in [3.63, 3.8) is 0 Å². The van der Waals surface area contributed by atoms with E-state index in [2.05, 4.69) is 20.6 Å². The fourth-order valence-corrected chi connectivity index (χ4v) is 2.50. The molecule has 0 radical (unpaired) electrons. The number of benzene rings is 2. The lowest BCUT2D eigenvalue weighted by Crippen LogP contribution is -2.17. The van der Waals surface area contributed by atoms with Crippen molar-refractivity contribution in [2.75, 3.05) is 17.7 Å². The first-order chi connectivity index (χ1) is 13.6. The van der Waals surface area contributed by atoms with Gasteiger partial charge in [0, 0.05) is 6.54 Å². The Labute approximate surface area is 162 Å². The maximum Gasteiger partial charge on any atom is 0.339 e. The number of aryl methyl sites for hydroxylation is 1. The smallest absolute Gasteiger partial charge is 0.339 e. The number of carbonyl (C=O) groups is 2. The first-order valence-corrected chi connectivity index (χ1v) is 8.67. The van der Waals surface area contributed by atoms with Gasteiger partial charge in [0.25, 0.3) is 5.91 Å². The van der Waals surface area contributed by atoms with Crippen molar-refractivity contribution in [1.82, 2.24) is 9.97 Å². The standard InChI is InChI=1S/C21H20N4O3/c1-14-7-9-15(10-8-14)11-23-19-13-22-18(12-24-19)20(26)25-17-6-4-3-5-16(17)21(27)28-2/h3-10,12-13H,11H2,1-2H3,(H,23,24)(H,25,26). The van der Waals surface area contributed by atoms with Crippen LogP contribution in [0.3, 0.4) is 0 Å². The van der Waals surface area contributed by atoms with Crippen LogP contribution in [0.5, 0.6) is 0 Å². The van der Waals surface area contributed by atoms with Crippen LogP contribution >= 0.6 is 0 Å². The number of aromatic nitrogens is 2. The number of esters is 1. The van der Waals surface area contributed by atoms with E-state index in [1.165, 1.54) is 25.1 Å². The zero-order valence-corrected chi connectivity index (χ0v) is 15.6. The molecule has 1 amide bonds. The maximum atomic E-state index is 12.4. The van der Waals surface area contributed by atoms with Crippen molar-refractivity contribution in [3.8, 4) is 0 Å². The highest BCUT2D eigenvalue weighted by Crippen LogP contribution is 2.17. The van der Waals surface area contributed by atoms with Gasteiger partial charge in [0.2, 0.25) is 0 Å². The minimum atomic E-state index is -0.530. The molecule has 0 atom stereocenters. The summed E-state index contributed by atoms with van der Waals surface area (Å²) in [5.41, 5.74) is 3.08. The van der Waals surface area contributed by atoms with Crippen LogP contribution in [0.25, 0.3) is 0 Å². The summed E-state index contributed by atoms with van der Waals surface area (Å²) in [6.07, 6.45) is 2.88. The molecule has 0 bridgehead atoms. The van der Waals surface area contributed by atoms with E-state index in [4.69, 9.17) is 4.74 Å². The number of para-hydroxylation sites is 1. The molecule has 3 aromatic rings. The lowest BCUT2D eigenvalue weighted by molar-refractivity contribution is 0.0602. The molecule has 7 heteroatoms. The zero-order chi connectivity index (χ0) is 19.9. The third-order valence-corrected chi connectivity index (χ3v) is 4.06. The van der Waals surface area contributed by atoms with Gasteiger partial charge in [0.05, 0.1) is 30.8 Å². The Kier molecular flexibility index (Phi) is 5.96. The molecule has 2 N–H and O–H groups in total. The molecule has 0 unspecified atom stereocenters. The van der Waals surface area contributed by atoms with Gasteiger partial charge in [0.1, 0.15) is 11.5 Å². The predicted octanol–water partition coefficient (Wildman–Crippen LogP) is 3.44. The van der Waals surface area contributed by atoms with Gasteiger partial charge < -0.3 is 15.4 Å². The van der Waals surface area contributed by atoms with Crippen molar-refractivity contribution in [3.05, 3.63) is 83.3 Å². The van der Waals surface area contributed by atoms with E-state index < -0.39 is 11.9 Å². The molecule has 0 aliphatic carbocycles. The highest BCUT2D eigenvalue weighted by molar-refractivity contribution is 6.06. The molecule has 142 valence electrons. The Balaban J connectivity index is 1.64. The van der Waals surface area contributed by atoms with Crippen LogP contribution in [0.4, 0.5) is 11.5 Å².